The summed E-state index contributed by atoms with van der Waals surface area (Å²) in [6, 6.07) is 12.4. The third-order valence-corrected chi connectivity index (χ3v) is 8.88. The van der Waals surface area contributed by atoms with Crippen molar-refractivity contribution in [2.24, 2.45) is 13.0 Å². The van der Waals surface area contributed by atoms with E-state index in [4.69, 9.17) is 21.1 Å². The van der Waals surface area contributed by atoms with Crippen LogP contribution in [-0.4, -0.2) is 42.0 Å². The number of halogens is 1. The average molecular weight is 534 g/mol. The maximum Gasteiger partial charge on any atom is 0.270 e. The van der Waals surface area contributed by atoms with Crippen LogP contribution in [0, 0.1) is 17.2 Å². The van der Waals surface area contributed by atoms with Crippen LogP contribution in [0.1, 0.15) is 50.5 Å². The lowest BCUT2D eigenvalue weighted by atomic mass is 9.83. The molecule has 2 fully saturated rings. The van der Waals surface area contributed by atoms with E-state index in [0.29, 0.717) is 27.9 Å². The number of nitrogens with zero attached hydrogens (tertiary/aromatic N) is 5. The number of hydrogen-bond acceptors (Lipinski definition) is 7. The van der Waals surface area contributed by atoms with Gasteiger partial charge in [-0.25, -0.2) is 4.98 Å². The topological polar surface area (TPSA) is 83.6 Å². The molecular weight excluding hydrogens is 502 g/mol. The Kier molecular flexibility index (Phi) is 6.56. The SMILES string of the molecule is Cn1c(=O)c(C#N)c(N(C)[C@H]2CC[C@H](N(CC3CCC3)c3cccc4c3OCO4)CC2)c2nc(Cl)ccc21. The van der Waals surface area contributed by atoms with Crippen molar-refractivity contribution in [1.29, 1.82) is 5.26 Å². The summed E-state index contributed by atoms with van der Waals surface area (Å²) in [5, 5.41) is 10.3. The first-order chi connectivity index (χ1) is 18.5. The van der Waals surface area contributed by atoms with Crippen LogP contribution in [-0.2, 0) is 7.05 Å². The zero-order chi connectivity index (χ0) is 26.4. The van der Waals surface area contributed by atoms with Crippen molar-refractivity contribution in [2.45, 2.75) is 57.0 Å². The number of aryl methyl sites for hydroxylation is 1. The van der Waals surface area contributed by atoms with Gasteiger partial charge in [0.2, 0.25) is 6.79 Å². The maximum absolute atomic E-state index is 13.1. The highest BCUT2D eigenvalue weighted by atomic mass is 35.5. The highest BCUT2D eigenvalue weighted by molar-refractivity contribution is 6.29. The number of anilines is 2. The zero-order valence-electron chi connectivity index (χ0n) is 21.8. The van der Waals surface area contributed by atoms with Crippen molar-refractivity contribution in [2.75, 3.05) is 30.2 Å². The number of pyridine rings is 2. The van der Waals surface area contributed by atoms with E-state index in [1.807, 2.05) is 13.1 Å². The average Bonchev–Trinajstić information content (AvgIpc) is 3.39. The summed E-state index contributed by atoms with van der Waals surface area (Å²) >= 11 is 6.25. The standard InChI is InChI=1S/C29H32ClN5O3/c1-33(27-21(15-31)29(36)34(2)22-13-14-25(30)32-26(22)27)19-9-11-20(12-10-19)35(16-18-5-3-6-18)23-7-4-8-24-28(23)38-17-37-24/h4,7-8,13-14,18-20H,3,5-6,9-12,16-17H2,1-2H3/t19-,20-. The van der Waals surface area contributed by atoms with Crippen LogP contribution < -0.4 is 24.8 Å². The molecule has 0 amide bonds. The first-order valence-electron chi connectivity index (χ1n) is 13.4. The second-order valence-electron chi connectivity index (χ2n) is 10.7. The lowest BCUT2D eigenvalue weighted by Gasteiger charge is -2.44. The van der Waals surface area contributed by atoms with Gasteiger partial charge in [0.25, 0.3) is 5.56 Å². The van der Waals surface area contributed by atoms with Crippen LogP contribution in [0.3, 0.4) is 0 Å². The van der Waals surface area contributed by atoms with Gasteiger partial charge in [0, 0.05) is 32.7 Å². The fourth-order valence-electron chi connectivity index (χ4n) is 6.29. The van der Waals surface area contributed by atoms with Gasteiger partial charge in [0.15, 0.2) is 11.5 Å². The van der Waals surface area contributed by atoms with E-state index < -0.39 is 0 Å². The van der Waals surface area contributed by atoms with Crippen molar-refractivity contribution < 1.29 is 9.47 Å². The summed E-state index contributed by atoms with van der Waals surface area (Å²) in [4.78, 5) is 22.3. The molecule has 0 spiro atoms. The van der Waals surface area contributed by atoms with Crippen molar-refractivity contribution in [1.82, 2.24) is 9.55 Å². The van der Waals surface area contributed by atoms with E-state index in [1.54, 1.807) is 19.2 Å². The number of ether oxygens (including phenoxy) is 2. The predicted molar refractivity (Wildman–Crippen MR) is 148 cm³/mol. The van der Waals surface area contributed by atoms with Gasteiger partial charge in [-0.1, -0.05) is 24.1 Å². The number of aromatic nitrogens is 2. The number of para-hydroxylation sites is 1. The molecule has 0 unspecified atom stereocenters. The second kappa shape index (κ2) is 10.0. The van der Waals surface area contributed by atoms with Crippen molar-refractivity contribution in [3.05, 3.63) is 51.4 Å². The third kappa shape index (κ3) is 4.23. The van der Waals surface area contributed by atoms with E-state index in [9.17, 15) is 10.1 Å². The molecule has 0 radical (unpaired) electrons. The fraction of sp³-hybridized carbons (Fsp3) is 0.483. The Hall–Kier alpha value is -3.44. The molecule has 6 rings (SSSR count). The highest BCUT2D eigenvalue weighted by Gasteiger charge is 2.34. The largest absolute Gasteiger partial charge is 0.454 e. The monoisotopic (exact) mass is 533 g/mol. The molecule has 0 saturated heterocycles. The number of fused-ring (bicyclic) bond motifs is 2. The molecule has 3 aliphatic rings. The molecule has 9 heteroatoms. The van der Waals surface area contributed by atoms with Crippen LogP contribution in [0.4, 0.5) is 11.4 Å². The molecule has 2 saturated carbocycles. The molecule has 0 N–H and O–H groups in total. The summed E-state index contributed by atoms with van der Waals surface area (Å²) in [5.74, 6) is 2.40. The highest BCUT2D eigenvalue weighted by Crippen LogP contribution is 2.44. The summed E-state index contributed by atoms with van der Waals surface area (Å²) in [5.41, 5.74) is 2.76. The molecule has 2 aromatic heterocycles. The lowest BCUT2D eigenvalue weighted by molar-refractivity contribution is 0.173. The van der Waals surface area contributed by atoms with E-state index in [0.717, 1.165) is 55.3 Å². The van der Waals surface area contributed by atoms with Crippen LogP contribution in [0.2, 0.25) is 5.15 Å². The van der Waals surface area contributed by atoms with Gasteiger partial charge in [0.05, 0.1) is 16.9 Å². The van der Waals surface area contributed by atoms with Gasteiger partial charge in [-0.3, -0.25) is 4.79 Å². The predicted octanol–water partition coefficient (Wildman–Crippen LogP) is 5.24. The summed E-state index contributed by atoms with van der Waals surface area (Å²) in [6.45, 7) is 1.30. The number of nitriles is 1. The Balaban J connectivity index is 1.28. The minimum absolute atomic E-state index is 0.114. The molecule has 8 nitrogen and oxygen atoms in total. The maximum atomic E-state index is 13.1. The Bertz CT molecular complexity index is 1470. The Morgan fingerprint density at radius 3 is 2.58 bits per heavy atom. The van der Waals surface area contributed by atoms with Crippen molar-refractivity contribution in [3.8, 4) is 17.6 Å². The van der Waals surface area contributed by atoms with Crippen LogP contribution in [0.25, 0.3) is 11.0 Å². The van der Waals surface area contributed by atoms with E-state index >= 15 is 0 Å². The smallest absolute Gasteiger partial charge is 0.270 e. The van der Waals surface area contributed by atoms with Crippen molar-refractivity contribution in [3.63, 3.8) is 0 Å². The molecular formula is C29H32ClN5O3. The molecule has 0 atom stereocenters. The molecule has 3 aromatic rings. The first kappa shape index (κ1) is 24.9. The number of hydrogen-bond donors (Lipinski definition) is 0. The van der Waals surface area contributed by atoms with Gasteiger partial charge in [0.1, 0.15) is 22.3 Å². The van der Waals surface area contributed by atoms with Crippen molar-refractivity contribution >= 4 is 34.0 Å². The molecule has 0 bridgehead atoms. The lowest BCUT2D eigenvalue weighted by Crippen LogP contribution is -2.46. The molecule has 198 valence electrons. The fourth-order valence-corrected chi connectivity index (χ4v) is 6.44. The van der Waals surface area contributed by atoms with Gasteiger partial charge >= 0.3 is 0 Å². The molecule has 38 heavy (non-hydrogen) atoms. The zero-order valence-corrected chi connectivity index (χ0v) is 22.6. The van der Waals surface area contributed by atoms with E-state index in [1.165, 1.54) is 23.8 Å². The summed E-state index contributed by atoms with van der Waals surface area (Å²) in [6.07, 6.45) is 7.77. The molecule has 3 heterocycles. The Labute approximate surface area is 227 Å². The van der Waals surface area contributed by atoms with Gasteiger partial charge < -0.3 is 23.8 Å². The molecule has 1 aliphatic heterocycles. The van der Waals surface area contributed by atoms with E-state index in [-0.39, 0.29) is 24.0 Å². The second-order valence-corrected chi connectivity index (χ2v) is 11.1. The number of rotatable bonds is 6. The van der Waals surface area contributed by atoms with Gasteiger partial charge in [-0.2, -0.15) is 5.26 Å². The van der Waals surface area contributed by atoms with Crippen LogP contribution in [0.5, 0.6) is 11.5 Å². The van der Waals surface area contributed by atoms with Crippen LogP contribution >= 0.6 is 11.6 Å². The quantitative estimate of drug-likeness (QED) is 0.400. The third-order valence-electron chi connectivity index (χ3n) is 8.67. The first-order valence-corrected chi connectivity index (χ1v) is 13.8. The Morgan fingerprint density at radius 2 is 1.87 bits per heavy atom. The normalized spacial score (nSPS) is 20.7. The molecule has 2 aliphatic carbocycles. The minimum atomic E-state index is -0.313. The minimum Gasteiger partial charge on any atom is -0.454 e. The number of benzene rings is 1. The summed E-state index contributed by atoms with van der Waals surface area (Å²) in [7, 11) is 3.64. The Morgan fingerprint density at radius 1 is 1.11 bits per heavy atom. The van der Waals surface area contributed by atoms with Gasteiger partial charge in [-0.05, 0) is 68.7 Å². The molecule has 1 aromatic carbocycles. The van der Waals surface area contributed by atoms with E-state index in [2.05, 4.69) is 33.0 Å². The van der Waals surface area contributed by atoms with Crippen LogP contribution in [0.15, 0.2) is 35.1 Å². The van der Waals surface area contributed by atoms with Gasteiger partial charge in [-0.15, -0.1) is 0 Å². The summed E-state index contributed by atoms with van der Waals surface area (Å²) < 4.78 is 13.1.